The van der Waals surface area contributed by atoms with Crippen LogP contribution in [0.5, 0.6) is 17.2 Å². The van der Waals surface area contributed by atoms with Crippen LogP contribution in [0.25, 0.3) is 16.6 Å². The molecule has 41 heavy (non-hydrogen) atoms. The number of aromatic nitrogens is 3. The molecule has 0 bridgehead atoms. The van der Waals surface area contributed by atoms with Gasteiger partial charge in [-0.2, -0.15) is 9.78 Å². The molecule has 2 aromatic heterocycles. The number of fused-ring (bicyclic) bond motifs is 2. The van der Waals surface area contributed by atoms with Gasteiger partial charge in [0.25, 0.3) is 5.56 Å². The number of hydrogen-bond donors (Lipinski definition) is 0. The van der Waals surface area contributed by atoms with Crippen LogP contribution in [0.4, 0.5) is 0 Å². The fraction of sp³-hybridized carbons (Fsp3) is 0.219. The molecule has 5 aromatic rings. The lowest BCUT2D eigenvalue weighted by Crippen LogP contribution is -2.23. The molecule has 3 heterocycles. The first-order valence-electron chi connectivity index (χ1n) is 13.4. The summed E-state index contributed by atoms with van der Waals surface area (Å²) in [5.74, 6) is 2.91. The SMILES string of the molecule is Cc1cc(C=Nn2c(C(C)C)nc3ccc(Br)cc3c2=O)c(C)n1-c1ccc(OCc2ccc3c(c2)OCO3)cc1. The van der Waals surface area contributed by atoms with Crippen LogP contribution >= 0.6 is 15.9 Å². The lowest BCUT2D eigenvalue weighted by atomic mass is 10.2. The Labute approximate surface area is 246 Å². The summed E-state index contributed by atoms with van der Waals surface area (Å²) in [7, 11) is 0. The third-order valence-electron chi connectivity index (χ3n) is 7.07. The van der Waals surface area contributed by atoms with Crippen LogP contribution in [0.3, 0.4) is 0 Å². The van der Waals surface area contributed by atoms with Crippen molar-refractivity contribution in [2.45, 2.75) is 40.2 Å². The Morgan fingerprint density at radius 3 is 2.59 bits per heavy atom. The zero-order chi connectivity index (χ0) is 28.7. The Morgan fingerprint density at radius 1 is 1.02 bits per heavy atom. The third-order valence-corrected chi connectivity index (χ3v) is 7.56. The highest BCUT2D eigenvalue weighted by Gasteiger charge is 2.16. The largest absolute Gasteiger partial charge is 0.489 e. The van der Waals surface area contributed by atoms with Crippen molar-refractivity contribution in [3.63, 3.8) is 0 Å². The molecule has 0 aliphatic carbocycles. The number of hydrogen-bond acceptors (Lipinski definition) is 6. The molecule has 0 saturated carbocycles. The van der Waals surface area contributed by atoms with E-state index in [4.69, 9.17) is 19.2 Å². The van der Waals surface area contributed by atoms with E-state index in [2.05, 4.69) is 38.6 Å². The molecule has 0 N–H and O–H groups in total. The molecule has 0 amide bonds. The van der Waals surface area contributed by atoms with Crippen LogP contribution in [0, 0.1) is 13.8 Å². The molecule has 0 saturated heterocycles. The van der Waals surface area contributed by atoms with E-state index < -0.39 is 0 Å². The lowest BCUT2D eigenvalue weighted by Gasteiger charge is -2.12. The Balaban J connectivity index is 1.24. The average Bonchev–Trinajstić information content (AvgIpc) is 3.54. The Morgan fingerprint density at radius 2 is 1.80 bits per heavy atom. The highest BCUT2D eigenvalue weighted by molar-refractivity contribution is 9.10. The number of rotatable bonds is 7. The zero-order valence-electron chi connectivity index (χ0n) is 23.2. The molecular weight excluding hydrogens is 584 g/mol. The monoisotopic (exact) mass is 612 g/mol. The molecule has 0 unspecified atom stereocenters. The van der Waals surface area contributed by atoms with Gasteiger partial charge in [0.15, 0.2) is 11.5 Å². The lowest BCUT2D eigenvalue weighted by molar-refractivity contribution is 0.174. The van der Waals surface area contributed by atoms with E-state index in [9.17, 15) is 4.79 Å². The van der Waals surface area contributed by atoms with Crippen molar-refractivity contribution in [1.29, 1.82) is 0 Å². The van der Waals surface area contributed by atoms with Crippen molar-refractivity contribution in [1.82, 2.24) is 14.2 Å². The highest BCUT2D eigenvalue weighted by Crippen LogP contribution is 2.33. The molecule has 0 spiro atoms. The number of ether oxygens (including phenoxy) is 3. The minimum Gasteiger partial charge on any atom is -0.489 e. The quantitative estimate of drug-likeness (QED) is 0.187. The number of halogens is 1. The van der Waals surface area contributed by atoms with E-state index in [1.165, 1.54) is 4.68 Å². The number of nitrogens with zero attached hydrogens (tertiary/aromatic N) is 4. The molecule has 1 aliphatic heterocycles. The molecule has 0 radical (unpaired) electrons. The predicted octanol–water partition coefficient (Wildman–Crippen LogP) is 6.88. The van der Waals surface area contributed by atoms with Crippen molar-refractivity contribution in [2.75, 3.05) is 6.79 Å². The van der Waals surface area contributed by atoms with Crippen molar-refractivity contribution >= 4 is 33.0 Å². The summed E-state index contributed by atoms with van der Waals surface area (Å²) in [4.78, 5) is 18.1. The highest BCUT2D eigenvalue weighted by atomic mass is 79.9. The van der Waals surface area contributed by atoms with Crippen LogP contribution in [0.2, 0.25) is 0 Å². The summed E-state index contributed by atoms with van der Waals surface area (Å²) in [6, 6.07) is 21.4. The topological polar surface area (TPSA) is 79.9 Å². The second-order valence-corrected chi connectivity index (χ2v) is 11.2. The fourth-order valence-corrected chi connectivity index (χ4v) is 5.34. The van der Waals surface area contributed by atoms with Gasteiger partial charge in [0, 0.05) is 33.0 Å². The van der Waals surface area contributed by atoms with Crippen molar-refractivity contribution < 1.29 is 14.2 Å². The summed E-state index contributed by atoms with van der Waals surface area (Å²) in [6.45, 7) is 8.79. The summed E-state index contributed by atoms with van der Waals surface area (Å²) >= 11 is 3.46. The van der Waals surface area contributed by atoms with E-state index >= 15 is 0 Å². The third kappa shape index (κ3) is 5.25. The van der Waals surface area contributed by atoms with Crippen LogP contribution in [-0.2, 0) is 6.61 Å². The molecule has 0 atom stereocenters. The Hall–Kier alpha value is -4.37. The number of benzene rings is 3. The Kier molecular flexibility index (Phi) is 7.13. The first-order valence-corrected chi connectivity index (χ1v) is 14.1. The van der Waals surface area contributed by atoms with E-state index in [1.54, 1.807) is 12.3 Å². The fourth-order valence-electron chi connectivity index (χ4n) is 4.98. The van der Waals surface area contributed by atoms with Gasteiger partial charge >= 0.3 is 0 Å². The van der Waals surface area contributed by atoms with Crippen molar-refractivity contribution in [2.24, 2.45) is 5.10 Å². The number of aryl methyl sites for hydroxylation is 1. The molecule has 9 heteroatoms. The van der Waals surface area contributed by atoms with Crippen LogP contribution in [0.1, 0.15) is 48.1 Å². The zero-order valence-corrected chi connectivity index (χ0v) is 24.8. The smallest absolute Gasteiger partial charge is 0.282 e. The van der Waals surface area contributed by atoms with E-state index in [1.807, 2.05) is 75.4 Å². The van der Waals surface area contributed by atoms with Crippen LogP contribution in [0.15, 0.2) is 81.1 Å². The van der Waals surface area contributed by atoms with Crippen LogP contribution < -0.4 is 19.8 Å². The average molecular weight is 614 g/mol. The van der Waals surface area contributed by atoms with Crippen molar-refractivity contribution in [3.05, 3.63) is 110 Å². The minimum atomic E-state index is -0.193. The van der Waals surface area contributed by atoms with Gasteiger partial charge in [0.1, 0.15) is 18.2 Å². The molecule has 8 nitrogen and oxygen atoms in total. The van der Waals surface area contributed by atoms with E-state index in [-0.39, 0.29) is 18.3 Å². The van der Waals surface area contributed by atoms with E-state index in [0.29, 0.717) is 23.3 Å². The standard InChI is InChI=1S/C32H29BrN4O4/c1-19(2)31-35-28-11-6-24(33)15-27(28)32(38)37(31)34-16-23-13-20(3)36(21(23)4)25-7-9-26(10-8-25)39-17-22-5-12-29-30(14-22)41-18-40-29/h5-16,19H,17-18H2,1-4H3. The second kappa shape index (κ2) is 10.9. The van der Waals surface area contributed by atoms with E-state index in [0.717, 1.165) is 49.9 Å². The first-order chi connectivity index (χ1) is 19.8. The summed E-state index contributed by atoms with van der Waals surface area (Å²) < 4.78 is 21.2. The van der Waals surface area contributed by atoms with Gasteiger partial charge in [-0.1, -0.05) is 35.8 Å². The summed E-state index contributed by atoms with van der Waals surface area (Å²) in [5, 5.41) is 5.15. The molecule has 3 aromatic carbocycles. The van der Waals surface area contributed by atoms with Crippen LogP contribution in [-0.4, -0.2) is 27.2 Å². The maximum atomic E-state index is 13.4. The Bertz CT molecular complexity index is 1860. The van der Waals surface area contributed by atoms with Gasteiger partial charge in [0.05, 0.1) is 17.1 Å². The van der Waals surface area contributed by atoms with Gasteiger partial charge in [-0.05, 0) is 80.1 Å². The minimum absolute atomic E-state index is 0.0195. The maximum Gasteiger partial charge on any atom is 0.282 e. The maximum absolute atomic E-state index is 13.4. The molecular formula is C32H29BrN4O4. The first kappa shape index (κ1) is 26.8. The normalized spacial score (nSPS) is 12.6. The van der Waals surface area contributed by atoms with Crippen molar-refractivity contribution in [3.8, 4) is 22.9 Å². The van der Waals surface area contributed by atoms with Gasteiger partial charge < -0.3 is 18.8 Å². The van der Waals surface area contributed by atoms with Gasteiger partial charge in [-0.15, -0.1) is 0 Å². The summed E-state index contributed by atoms with van der Waals surface area (Å²) in [6.07, 6.45) is 1.74. The molecule has 0 fully saturated rings. The molecule has 1 aliphatic rings. The second-order valence-electron chi connectivity index (χ2n) is 10.3. The summed E-state index contributed by atoms with van der Waals surface area (Å²) in [5.41, 5.74) is 5.46. The van der Waals surface area contributed by atoms with Gasteiger partial charge in [0.2, 0.25) is 6.79 Å². The molecule has 208 valence electrons. The molecule has 6 rings (SSSR count). The predicted molar refractivity (Wildman–Crippen MR) is 163 cm³/mol. The van der Waals surface area contributed by atoms with Gasteiger partial charge in [-0.25, -0.2) is 4.98 Å². The van der Waals surface area contributed by atoms with Gasteiger partial charge in [-0.3, -0.25) is 4.79 Å².